The molecule has 4 nitrogen and oxygen atoms in total. The first kappa shape index (κ1) is 4.99. The lowest BCUT2D eigenvalue weighted by atomic mass is 10.7. The van der Waals surface area contributed by atoms with Crippen LogP contribution in [0.25, 0.3) is 0 Å². The summed E-state index contributed by atoms with van der Waals surface area (Å²) in [6.45, 7) is 1.34. The molecule has 1 aliphatic rings. The van der Waals surface area contributed by atoms with Crippen LogP contribution < -0.4 is 5.32 Å². The van der Waals surface area contributed by atoms with Gasteiger partial charge in [-0.25, -0.2) is 5.26 Å². The lowest BCUT2D eigenvalue weighted by molar-refractivity contribution is -0.340. The third-order valence-corrected chi connectivity index (χ3v) is 0.778. The van der Waals surface area contributed by atoms with Gasteiger partial charge in [-0.3, -0.25) is 5.32 Å². The van der Waals surface area contributed by atoms with Gasteiger partial charge >= 0.3 is 0 Å². The summed E-state index contributed by atoms with van der Waals surface area (Å²) in [5.41, 5.74) is 0. The molecule has 1 aliphatic heterocycles. The maximum absolute atomic E-state index is 7.88. The van der Waals surface area contributed by atoms with E-state index in [0.29, 0.717) is 6.61 Å². The van der Waals surface area contributed by atoms with Gasteiger partial charge in [-0.15, -0.1) is 0 Å². The van der Waals surface area contributed by atoms with Crippen LogP contribution in [0.5, 0.6) is 0 Å². The summed E-state index contributed by atoms with van der Waals surface area (Å²) in [5, 5.41) is 10.6. The fourth-order valence-corrected chi connectivity index (χ4v) is 0.469. The normalized spacial score (nSPS) is 31.3. The molecule has 1 heterocycles. The van der Waals surface area contributed by atoms with Crippen molar-refractivity contribution in [3.63, 3.8) is 0 Å². The first-order valence-electron chi connectivity index (χ1n) is 2.08. The lowest BCUT2D eigenvalue weighted by Crippen LogP contribution is -2.24. The molecule has 4 heteroatoms. The molecule has 1 atom stereocenters. The Bertz CT molecular complexity index is 52.1. The van der Waals surface area contributed by atoms with Crippen molar-refractivity contribution in [3.8, 4) is 0 Å². The zero-order chi connectivity index (χ0) is 5.11. The highest BCUT2D eigenvalue weighted by Gasteiger charge is 2.12. The summed E-state index contributed by atoms with van der Waals surface area (Å²) in [6, 6.07) is 0. The second-order valence-corrected chi connectivity index (χ2v) is 1.26. The third-order valence-electron chi connectivity index (χ3n) is 0.778. The summed E-state index contributed by atoms with van der Waals surface area (Å²) in [4.78, 5) is 3.78. The second-order valence-electron chi connectivity index (χ2n) is 1.26. The van der Waals surface area contributed by atoms with Gasteiger partial charge in [-0.2, -0.15) is 4.89 Å². The fraction of sp³-hybridized carbons (Fsp3) is 1.00. The molecule has 7 heavy (non-hydrogen) atoms. The highest BCUT2D eigenvalue weighted by Crippen LogP contribution is 1.92. The average Bonchev–Trinajstić information content (AvgIpc) is 2.14. The average molecular weight is 105 g/mol. The standard InChI is InChI=1S/C3H7NO3/c5-7-3-4-1-2-6-3/h3-5H,1-2H2. The van der Waals surface area contributed by atoms with E-state index in [9.17, 15) is 0 Å². The van der Waals surface area contributed by atoms with Crippen molar-refractivity contribution in [2.24, 2.45) is 0 Å². The maximum atomic E-state index is 7.88. The number of hydrogen-bond donors (Lipinski definition) is 2. The molecule has 0 aliphatic carbocycles. The molecule has 42 valence electrons. The first-order valence-corrected chi connectivity index (χ1v) is 2.08. The quantitative estimate of drug-likeness (QED) is 0.344. The Kier molecular flexibility index (Phi) is 1.59. The van der Waals surface area contributed by atoms with Crippen molar-refractivity contribution in [1.82, 2.24) is 5.32 Å². The minimum absolute atomic E-state index is 0.597. The van der Waals surface area contributed by atoms with Gasteiger partial charge in [0.15, 0.2) is 0 Å². The Balaban J connectivity index is 2.14. The minimum atomic E-state index is -0.597. The molecule has 1 unspecified atom stereocenters. The molecular formula is C3H7NO3. The molecule has 0 amide bonds. The predicted octanol–water partition coefficient (Wildman–Crippen LogP) is -0.621. The van der Waals surface area contributed by atoms with E-state index in [1.807, 2.05) is 0 Å². The van der Waals surface area contributed by atoms with E-state index in [1.54, 1.807) is 0 Å². The van der Waals surface area contributed by atoms with E-state index >= 15 is 0 Å². The topological polar surface area (TPSA) is 50.7 Å². The maximum Gasteiger partial charge on any atom is 0.247 e. The van der Waals surface area contributed by atoms with Crippen molar-refractivity contribution < 1.29 is 14.9 Å². The lowest BCUT2D eigenvalue weighted by Gasteiger charge is -2.01. The molecule has 1 rings (SSSR count). The zero-order valence-corrected chi connectivity index (χ0v) is 3.76. The number of hydrogen-bond acceptors (Lipinski definition) is 4. The van der Waals surface area contributed by atoms with Crippen LogP contribution >= 0.6 is 0 Å². The molecule has 0 saturated carbocycles. The summed E-state index contributed by atoms with van der Waals surface area (Å²) >= 11 is 0. The van der Waals surface area contributed by atoms with Crippen LogP contribution in [-0.4, -0.2) is 24.8 Å². The van der Waals surface area contributed by atoms with Gasteiger partial charge in [-0.1, -0.05) is 0 Å². The van der Waals surface area contributed by atoms with Gasteiger partial charge in [0.25, 0.3) is 0 Å². The molecular weight excluding hydrogens is 98.0 g/mol. The Morgan fingerprint density at radius 2 is 2.71 bits per heavy atom. The zero-order valence-electron chi connectivity index (χ0n) is 3.76. The van der Waals surface area contributed by atoms with E-state index in [4.69, 9.17) is 9.99 Å². The van der Waals surface area contributed by atoms with E-state index in [0.717, 1.165) is 6.54 Å². The van der Waals surface area contributed by atoms with Crippen LogP contribution in [0.3, 0.4) is 0 Å². The smallest absolute Gasteiger partial charge is 0.247 e. The molecule has 0 aromatic rings. The van der Waals surface area contributed by atoms with Gasteiger partial charge in [0.05, 0.1) is 6.61 Å². The monoisotopic (exact) mass is 105 g/mol. The molecule has 0 radical (unpaired) electrons. The fourth-order valence-electron chi connectivity index (χ4n) is 0.469. The molecule has 0 aromatic heterocycles. The largest absolute Gasteiger partial charge is 0.337 e. The number of rotatable bonds is 1. The molecule has 2 N–H and O–H groups in total. The van der Waals surface area contributed by atoms with Crippen LogP contribution in [0.1, 0.15) is 0 Å². The van der Waals surface area contributed by atoms with Crippen molar-refractivity contribution in [3.05, 3.63) is 0 Å². The summed E-state index contributed by atoms with van der Waals surface area (Å²) in [6.07, 6.45) is -0.597. The number of nitrogens with one attached hydrogen (secondary N) is 1. The van der Waals surface area contributed by atoms with E-state index in [1.165, 1.54) is 0 Å². The third kappa shape index (κ3) is 1.10. The van der Waals surface area contributed by atoms with Crippen LogP contribution in [-0.2, 0) is 9.62 Å². The van der Waals surface area contributed by atoms with Crippen LogP contribution in [0.4, 0.5) is 0 Å². The Hall–Kier alpha value is -0.160. The van der Waals surface area contributed by atoms with Crippen molar-refractivity contribution in [2.75, 3.05) is 13.2 Å². The molecule has 1 fully saturated rings. The van der Waals surface area contributed by atoms with E-state index in [-0.39, 0.29) is 0 Å². The summed E-state index contributed by atoms with van der Waals surface area (Å²) < 4.78 is 4.72. The van der Waals surface area contributed by atoms with E-state index in [2.05, 4.69) is 10.2 Å². The van der Waals surface area contributed by atoms with Crippen molar-refractivity contribution in [1.29, 1.82) is 0 Å². The van der Waals surface area contributed by atoms with Crippen molar-refractivity contribution in [2.45, 2.75) is 6.41 Å². The summed E-state index contributed by atoms with van der Waals surface area (Å²) in [7, 11) is 0. The van der Waals surface area contributed by atoms with Crippen LogP contribution in [0, 0.1) is 0 Å². The highest BCUT2D eigenvalue weighted by atomic mass is 17.1. The Morgan fingerprint density at radius 3 is 3.00 bits per heavy atom. The molecule has 0 bridgehead atoms. The highest BCUT2D eigenvalue weighted by molar-refractivity contribution is 4.49. The molecule has 1 saturated heterocycles. The Morgan fingerprint density at radius 1 is 1.86 bits per heavy atom. The van der Waals surface area contributed by atoms with Gasteiger partial charge in [0.1, 0.15) is 0 Å². The second kappa shape index (κ2) is 2.23. The van der Waals surface area contributed by atoms with Gasteiger partial charge < -0.3 is 4.74 Å². The van der Waals surface area contributed by atoms with Crippen molar-refractivity contribution >= 4 is 0 Å². The van der Waals surface area contributed by atoms with Gasteiger partial charge in [-0.05, 0) is 0 Å². The molecule has 0 spiro atoms. The van der Waals surface area contributed by atoms with Gasteiger partial charge in [0, 0.05) is 6.54 Å². The summed E-state index contributed by atoms with van der Waals surface area (Å²) in [5.74, 6) is 0. The minimum Gasteiger partial charge on any atom is -0.337 e. The SMILES string of the molecule is OOC1NCCO1. The molecule has 0 aromatic carbocycles. The van der Waals surface area contributed by atoms with Crippen LogP contribution in [0.15, 0.2) is 0 Å². The first-order chi connectivity index (χ1) is 3.43. The van der Waals surface area contributed by atoms with E-state index < -0.39 is 6.41 Å². The Labute approximate surface area is 41.0 Å². The predicted molar refractivity (Wildman–Crippen MR) is 21.5 cm³/mol. The van der Waals surface area contributed by atoms with Crippen LogP contribution in [0.2, 0.25) is 0 Å². The number of ether oxygens (including phenoxy) is 1. The van der Waals surface area contributed by atoms with Gasteiger partial charge in [0.2, 0.25) is 6.41 Å².